The Labute approximate surface area is 117 Å². The number of phenolic OH excluding ortho intramolecular Hbond substituents is 1. The van der Waals surface area contributed by atoms with E-state index in [-0.39, 0.29) is 12.3 Å². The van der Waals surface area contributed by atoms with Crippen LogP contribution in [0.4, 0.5) is 4.39 Å². The molecule has 0 bridgehead atoms. The number of aromatic hydroxyl groups is 1. The van der Waals surface area contributed by atoms with E-state index in [1.807, 2.05) is 12.1 Å². The molecule has 2 aromatic rings. The van der Waals surface area contributed by atoms with Crippen molar-refractivity contribution < 1.29 is 14.2 Å². The van der Waals surface area contributed by atoms with E-state index in [1.165, 1.54) is 7.11 Å². The van der Waals surface area contributed by atoms with E-state index in [1.54, 1.807) is 23.0 Å². The number of rotatable bonds is 7. The highest BCUT2D eigenvalue weighted by Crippen LogP contribution is 2.26. The highest BCUT2D eigenvalue weighted by atomic mass is 19.1. The van der Waals surface area contributed by atoms with Crippen LogP contribution in [0.2, 0.25) is 0 Å². The Morgan fingerprint density at radius 3 is 2.95 bits per heavy atom. The van der Waals surface area contributed by atoms with Crippen LogP contribution in [-0.2, 0) is 19.6 Å². The Morgan fingerprint density at radius 1 is 1.35 bits per heavy atom. The molecular weight excluding hydrogens is 261 g/mol. The second kappa shape index (κ2) is 6.91. The van der Waals surface area contributed by atoms with Crippen molar-refractivity contribution in [2.24, 2.45) is 0 Å². The number of phenols is 1. The molecule has 0 unspecified atom stereocenters. The van der Waals surface area contributed by atoms with E-state index in [4.69, 9.17) is 4.74 Å². The number of methoxy groups -OCH3 is 1. The van der Waals surface area contributed by atoms with Gasteiger partial charge in [0, 0.05) is 19.3 Å². The lowest BCUT2D eigenvalue weighted by Gasteiger charge is -2.09. The fourth-order valence-corrected chi connectivity index (χ4v) is 1.96. The smallest absolute Gasteiger partial charge is 0.160 e. The standard InChI is InChI=1S/C14H18FN3O2/c1-20-14-8-11(2-3-13(14)19)9-16-10-12-4-6-17-18(12)7-5-15/h2-4,6,8,16,19H,5,7,9-10H2,1H3. The van der Waals surface area contributed by atoms with Gasteiger partial charge >= 0.3 is 0 Å². The van der Waals surface area contributed by atoms with Gasteiger partial charge in [0.15, 0.2) is 11.5 Å². The van der Waals surface area contributed by atoms with Crippen molar-refractivity contribution in [1.82, 2.24) is 15.1 Å². The van der Waals surface area contributed by atoms with Crippen molar-refractivity contribution in [1.29, 1.82) is 0 Å². The second-order valence-corrected chi connectivity index (χ2v) is 4.34. The molecule has 0 aliphatic rings. The molecule has 1 heterocycles. The lowest BCUT2D eigenvalue weighted by molar-refractivity contribution is 0.372. The van der Waals surface area contributed by atoms with Gasteiger partial charge in [0.25, 0.3) is 0 Å². The lowest BCUT2D eigenvalue weighted by Crippen LogP contribution is -2.17. The summed E-state index contributed by atoms with van der Waals surface area (Å²) < 4.78 is 19.0. The molecule has 0 saturated heterocycles. The molecule has 20 heavy (non-hydrogen) atoms. The first-order valence-corrected chi connectivity index (χ1v) is 6.38. The van der Waals surface area contributed by atoms with E-state index in [9.17, 15) is 9.50 Å². The monoisotopic (exact) mass is 279 g/mol. The van der Waals surface area contributed by atoms with E-state index < -0.39 is 6.67 Å². The van der Waals surface area contributed by atoms with E-state index in [0.717, 1.165) is 11.3 Å². The molecule has 5 nitrogen and oxygen atoms in total. The largest absolute Gasteiger partial charge is 0.504 e. The number of nitrogens with zero attached hydrogens (tertiary/aromatic N) is 2. The fraction of sp³-hybridized carbons (Fsp3) is 0.357. The zero-order valence-electron chi connectivity index (χ0n) is 11.3. The SMILES string of the molecule is COc1cc(CNCc2ccnn2CCF)ccc1O. The van der Waals surface area contributed by atoms with Gasteiger partial charge in [-0.05, 0) is 23.8 Å². The predicted molar refractivity (Wildman–Crippen MR) is 73.4 cm³/mol. The summed E-state index contributed by atoms with van der Waals surface area (Å²) in [5, 5.41) is 16.8. The van der Waals surface area contributed by atoms with Gasteiger partial charge in [0.1, 0.15) is 6.67 Å². The highest BCUT2D eigenvalue weighted by molar-refractivity contribution is 5.41. The van der Waals surface area contributed by atoms with Crippen molar-refractivity contribution >= 4 is 0 Å². The van der Waals surface area contributed by atoms with Crippen LogP contribution in [0, 0.1) is 0 Å². The van der Waals surface area contributed by atoms with E-state index in [0.29, 0.717) is 18.8 Å². The average molecular weight is 279 g/mol. The van der Waals surface area contributed by atoms with E-state index >= 15 is 0 Å². The average Bonchev–Trinajstić information content (AvgIpc) is 2.89. The highest BCUT2D eigenvalue weighted by Gasteiger charge is 2.04. The maximum Gasteiger partial charge on any atom is 0.160 e. The fourth-order valence-electron chi connectivity index (χ4n) is 1.96. The Kier molecular flexibility index (Phi) is 4.95. The van der Waals surface area contributed by atoms with Crippen molar-refractivity contribution in [2.75, 3.05) is 13.8 Å². The van der Waals surface area contributed by atoms with Crippen LogP contribution >= 0.6 is 0 Å². The van der Waals surface area contributed by atoms with Gasteiger partial charge in [-0.15, -0.1) is 0 Å². The number of alkyl halides is 1. The van der Waals surface area contributed by atoms with Crippen LogP contribution in [0.25, 0.3) is 0 Å². The maximum atomic E-state index is 12.3. The molecule has 0 saturated carbocycles. The topological polar surface area (TPSA) is 59.3 Å². The molecular formula is C14H18FN3O2. The normalized spacial score (nSPS) is 10.7. The Bertz CT molecular complexity index is 557. The number of aryl methyl sites for hydroxylation is 1. The van der Waals surface area contributed by atoms with Gasteiger partial charge in [0.05, 0.1) is 19.3 Å². The molecule has 108 valence electrons. The number of benzene rings is 1. The van der Waals surface area contributed by atoms with E-state index in [2.05, 4.69) is 10.4 Å². The molecule has 0 atom stereocenters. The minimum atomic E-state index is -0.427. The molecule has 6 heteroatoms. The minimum absolute atomic E-state index is 0.122. The number of halogens is 1. The van der Waals surface area contributed by atoms with Crippen LogP contribution in [-0.4, -0.2) is 28.7 Å². The molecule has 0 aliphatic carbocycles. The summed E-state index contributed by atoms with van der Waals surface area (Å²) in [7, 11) is 1.52. The Morgan fingerprint density at radius 2 is 2.20 bits per heavy atom. The first-order chi connectivity index (χ1) is 9.74. The van der Waals surface area contributed by atoms with Gasteiger partial charge in [-0.2, -0.15) is 5.10 Å². The first-order valence-electron chi connectivity index (χ1n) is 6.38. The summed E-state index contributed by atoms with van der Waals surface area (Å²) in [5.41, 5.74) is 1.93. The molecule has 0 amide bonds. The number of ether oxygens (including phenoxy) is 1. The van der Waals surface area contributed by atoms with Crippen molar-refractivity contribution in [3.05, 3.63) is 41.7 Å². The van der Waals surface area contributed by atoms with Gasteiger partial charge in [-0.3, -0.25) is 4.68 Å². The van der Waals surface area contributed by atoms with Crippen molar-refractivity contribution in [3.63, 3.8) is 0 Å². The quantitative estimate of drug-likeness (QED) is 0.812. The van der Waals surface area contributed by atoms with Crippen LogP contribution in [0.15, 0.2) is 30.5 Å². The van der Waals surface area contributed by atoms with Crippen molar-refractivity contribution in [2.45, 2.75) is 19.6 Å². The van der Waals surface area contributed by atoms with Gasteiger partial charge in [-0.25, -0.2) is 4.39 Å². The summed E-state index contributed by atoms with van der Waals surface area (Å²) >= 11 is 0. The predicted octanol–water partition coefficient (Wildman–Crippen LogP) is 1.86. The molecule has 0 fully saturated rings. The molecule has 0 radical (unpaired) electrons. The maximum absolute atomic E-state index is 12.3. The first kappa shape index (κ1) is 14.3. The number of hydrogen-bond donors (Lipinski definition) is 2. The third-order valence-corrected chi connectivity index (χ3v) is 2.98. The van der Waals surface area contributed by atoms with Gasteiger partial charge < -0.3 is 15.2 Å². The van der Waals surface area contributed by atoms with Crippen LogP contribution in [0.5, 0.6) is 11.5 Å². The lowest BCUT2D eigenvalue weighted by atomic mass is 10.2. The molecule has 1 aromatic carbocycles. The Balaban J connectivity index is 1.91. The van der Waals surface area contributed by atoms with Gasteiger partial charge in [-0.1, -0.05) is 6.07 Å². The summed E-state index contributed by atoms with van der Waals surface area (Å²) in [6, 6.07) is 7.06. The number of nitrogens with one attached hydrogen (secondary N) is 1. The summed E-state index contributed by atoms with van der Waals surface area (Å²) in [4.78, 5) is 0. The van der Waals surface area contributed by atoms with Crippen LogP contribution in [0.1, 0.15) is 11.3 Å². The summed E-state index contributed by atoms with van der Waals surface area (Å²) in [6.45, 7) is 1.07. The van der Waals surface area contributed by atoms with Crippen LogP contribution < -0.4 is 10.1 Å². The molecule has 1 aromatic heterocycles. The minimum Gasteiger partial charge on any atom is -0.504 e. The summed E-state index contributed by atoms with van der Waals surface area (Å²) in [5.74, 6) is 0.573. The third kappa shape index (κ3) is 3.48. The number of hydrogen-bond acceptors (Lipinski definition) is 4. The Hall–Kier alpha value is -2.08. The van der Waals surface area contributed by atoms with Crippen molar-refractivity contribution in [3.8, 4) is 11.5 Å². The molecule has 0 spiro atoms. The summed E-state index contributed by atoms with van der Waals surface area (Å²) in [6.07, 6.45) is 1.66. The molecule has 0 aliphatic heterocycles. The molecule has 2 rings (SSSR count). The third-order valence-electron chi connectivity index (χ3n) is 2.98. The zero-order chi connectivity index (χ0) is 14.4. The van der Waals surface area contributed by atoms with Gasteiger partial charge in [0.2, 0.25) is 0 Å². The molecule has 2 N–H and O–H groups in total. The van der Waals surface area contributed by atoms with Crippen LogP contribution in [0.3, 0.4) is 0 Å². The zero-order valence-corrected chi connectivity index (χ0v) is 11.3. The second-order valence-electron chi connectivity index (χ2n) is 4.34. The number of aromatic nitrogens is 2.